The molecular weight excluding hydrogens is 385 g/mol. The molecule has 3 rings (SSSR count). The molecule has 0 spiro atoms. The van der Waals surface area contributed by atoms with Crippen LogP contribution in [0.25, 0.3) is 11.4 Å². The van der Waals surface area contributed by atoms with Crippen molar-refractivity contribution in [1.29, 1.82) is 0 Å². The first kappa shape index (κ1) is 20.2. The topological polar surface area (TPSA) is 59.2 Å². The molecule has 10 heteroatoms. The van der Waals surface area contributed by atoms with Crippen LogP contribution in [0, 0.1) is 5.92 Å². The first-order chi connectivity index (χ1) is 13.0. The first-order valence-electron chi connectivity index (χ1n) is 8.71. The zero-order valence-electron chi connectivity index (χ0n) is 15.1. The minimum atomic E-state index is -4.73. The molecular formula is C18H18F5N3O2. The van der Waals surface area contributed by atoms with Crippen molar-refractivity contribution in [1.82, 2.24) is 15.0 Å². The predicted octanol–water partition coefficient (Wildman–Crippen LogP) is 4.54. The molecule has 152 valence electrons. The van der Waals surface area contributed by atoms with E-state index < -0.39 is 36.2 Å². The summed E-state index contributed by atoms with van der Waals surface area (Å²) >= 11 is 0. The number of carbonyl (C=O) groups is 1. The van der Waals surface area contributed by atoms with Crippen molar-refractivity contribution in [3.63, 3.8) is 0 Å². The van der Waals surface area contributed by atoms with E-state index in [1.807, 2.05) is 6.92 Å². The van der Waals surface area contributed by atoms with Gasteiger partial charge in [0.25, 0.3) is 5.92 Å². The molecule has 0 saturated heterocycles. The van der Waals surface area contributed by atoms with Crippen molar-refractivity contribution >= 4 is 5.91 Å². The predicted molar refractivity (Wildman–Crippen MR) is 88.1 cm³/mol. The molecule has 0 N–H and O–H groups in total. The average molecular weight is 403 g/mol. The fourth-order valence-corrected chi connectivity index (χ4v) is 2.76. The standard InChI is InChI=1S/C18H18F5N3O2/c1-3-10(2)26(15(27)13-8-17(13,19)20)9-11-4-6-12(7-5-11)14-24-16(28-25-14)18(21,22)23/h4-7,10,13H,3,8-9H2,1-2H3. The van der Waals surface area contributed by atoms with Gasteiger partial charge in [-0.25, -0.2) is 8.78 Å². The van der Waals surface area contributed by atoms with Crippen molar-refractivity contribution in [2.45, 2.75) is 51.4 Å². The Kier molecular flexibility index (Phi) is 5.16. The molecule has 1 saturated carbocycles. The Morgan fingerprint density at radius 1 is 1.32 bits per heavy atom. The lowest BCUT2D eigenvalue weighted by molar-refractivity contribution is -0.159. The van der Waals surface area contributed by atoms with Crippen LogP contribution in [0.1, 0.15) is 38.1 Å². The largest absolute Gasteiger partial charge is 0.471 e. The Hall–Kier alpha value is -2.52. The number of carbonyl (C=O) groups excluding carboxylic acids is 1. The Labute approximate surface area is 157 Å². The third-order valence-corrected chi connectivity index (χ3v) is 4.76. The Morgan fingerprint density at radius 2 is 1.93 bits per heavy atom. The molecule has 1 heterocycles. The molecule has 1 aliphatic carbocycles. The minimum Gasteiger partial charge on any atom is -0.335 e. The smallest absolute Gasteiger partial charge is 0.335 e. The average Bonchev–Trinajstić information content (AvgIpc) is 3.05. The van der Waals surface area contributed by atoms with Crippen LogP contribution in [0.3, 0.4) is 0 Å². The van der Waals surface area contributed by atoms with Gasteiger partial charge >= 0.3 is 12.1 Å². The number of aromatic nitrogens is 2. The fourth-order valence-electron chi connectivity index (χ4n) is 2.76. The molecule has 2 unspecified atom stereocenters. The van der Waals surface area contributed by atoms with Crippen molar-refractivity contribution in [3.05, 3.63) is 35.7 Å². The van der Waals surface area contributed by atoms with E-state index in [1.54, 1.807) is 19.1 Å². The SMILES string of the molecule is CCC(C)N(Cc1ccc(-c2noc(C(F)(F)F)n2)cc1)C(=O)C1CC1(F)F. The Morgan fingerprint density at radius 3 is 2.39 bits per heavy atom. The van der Waals surface area contributed by atoms with Gasteiger partial charge in [-0.1, -0.05) is 36.3 Å². The highest BCUT2D eigenvalue weighted by Gasteiger charge is 2.62. The molecule has 0 radical (unpaired) electrons. The number of nitrogens with zero attached hydrogens (tertiary/aromatic N) is 3. The molecule has 0 bridgehead atoms. The van der Waals surface area contributed by atoms with Crippen LogP contribution in [-0.4, -0.2) is 32.9 Å². The third kappa shape index (κ3) is 4.15. The third-order valence-electron chi connectivity index (χ3n) is 4.76. The molecule has 1 fully saturated rings. The highest BCUT2D eigenvalue weighted by molar-refractivity contribution is 5.83. The lowest BCUT2D eigenvalue weighted by atomic mass is 10.1. The van der Waals surface area contributed by atoms with Gasteiger partial charge < -0.3 is 9.42 Å². The second kappa shape index (κ2) is 7.14. The van der Waals surface area contributed by atoms with Gasteiger partial charge in [0.1, 0.15) is 5.92 Å². The maximum atomic E-state index is 13.3. The summed E-state index contributed by atoms with van der Waals surface area (Å²) in [5.74, 6) is -6.46. The second-order valence-electron chi connectivity index (χ2n) is 6.86. The molecule has 5 nitrogen and oxygen atoms in total. The zero-order valence-corrected chi connectivity index (χ0v) is 15.1. The van der Waals surface area contributed by atoms with Crippen molar-refractivity contribution < 1.29 is 31.3 Å². The van der Waals surface area contributed by atoms with Gasteiger partial charge in [0.15, 0.2) is 0 Å². The summed E-state index contributed by atoms with van der Waals surface area (Å²) in [5, 5.41) is 3.31. The van der Waals surface area contributed by atoms with Gasteiger partial charge in [-0.2, -0.15) is 18.2 Å². The van der Waals surface area contributed by atoms with E-state index in [4.69, 9.17) is 0 Å². The Balaban J connectivity index is 1.74. The van der Waals surface area contributed by atoms with E-state index in [1.165, 1.54) is 17.0 Å². The van der Waals surface area contributed by atoms with E-state index in [2.05, 4.69) is 14.7 Å². The van der Waals surface area contributed by atoms with Gasteiger partial charge in [-0.3, -0.25) is 4.79 Å². The van der Waals surface area contributed by atoms with Crippen LogP contribution in [0.4, 0.5) is 22.0 Å². The summed E-state index contributed by atoms with van der Waals surface area (Å²) in [6, 6.07) is 5.94. The maximum Gasteiger partial charge on any atom is 0.471 e. The molecule has 28 heavy (non-hydrogen) atoms. The molecule has 2 atom stereocenters. The van der Waals surface area contributed by atoms with Gasteiger partial charge in [0.2, 0.25) is 11.7 Å². The molecule has 2 aromatic rings. The summed E-state index contributed by atoms with van der Waals surface area (Å²) in [4.78, 5) is 17.1. The van der Waals surface area contributed by atoms with Crippen molar-refractivity contribution in [2.75, 3.05) is 0 Å². The van der Waals surface area contributed by atoms with Crippen LogP contribution in [0.15, 0.2) is 28.8 Å². The van der Waals surface area contributed by atoms with Crippen molar-refractivity contribution in [3.8, 4) is 11.4 Å². The quantitative estimate of drug-likeness (QED) is 0.665. The van der Waals surface area contributed by atoms with E-state index in [0.29, 0.717) is 17.5 Å². The van der Waals surface area contributed by atoms with Gasteiger partial charge in [-0.15, -0.1) is 0 Å². The van der Waals surface area contributed by atoms with E-state index >= 15 is 0 Å². The number of hydrogen-bond acceptors (Lipinski definition) is 4. The zero-order chi connectivity index (χ0) is 20.7. The number of rotatable bonds is 6. The molecule has 1 amide bonds. The fraction of sp³-hybridized carbons (Fsp3) is 0.500. The number of amides is 1. The Bertz CT molecular complexity index is 848. The first-order valence-corrected chi connectivity index (χ1v) is 8.71. The number of hydrogen-bond donors (Lipinski definition) is 0. The minimum absolute atomic E-state index is 0.126. The molecule has 1 aromatic heterocycles. The van der Waals surface area contributed by atoms with E-state index in [9.17, 15) is 26.7 Å². The lowest BCUT2D eigenvalue weighted by Crippen LogP contribution is -2.39. The molecule has 1 aromatic carbocycles. The summed E-state index contributed by atoms with van der Waals surface area (Å²) < 4.78 is 68.4. The van der Waals surface area contributed by atoms with Crippen LogP contribution >= 0.6 is 0 Å². The second-order valence-corrected chi connectivity index (χ2v) is 6.86. The van der Waals surface area contributed by atoms with Crippen LogP contribution in [0.2, 0.25) is 0 Å². The number of benzene rings is 1. The maximum absolute atomic E-state index is 13.3. The van der Waals surface area contributed by atoms with E-state index in [-0.39, 0.29) is 18.4 Å². The van der Waals surface area contributed by atoms with Gasteiger partial charge in [-0.05, 0) is 18.9 Å². The number of alkyl halides is 5. The molecule has 1 aliphatic rings. The van der Waals surface area contributed by atoms with Gasteiger partial charge in [0, 0.05) is 24.6 Å². The van der Waals surface area contributed by atoms with Crippen LogP contribution in [-0.2, 0) is 17.5 Å². The monoisotopic (exact) mass is 403 g/mol. The summed E-state index contributed by atoms with van der Waals surface area (Å²) in [5.41, 5.74) is 0.957. The summed E-state index contributed by atoms with van der Waals surface area (Å²) in [7, 11) is 0. The highest BCUT2D eigenvalue weighted by Crippen LogP contribution is 2.50. The van der Waals surface area contributed by atoms with Crippen LogP contribution < -0.4 is 0 Å². The lowest BCUT2D eigenvalue weighted by Gasteiger charge is -2.29. The summed E-state index contributed by atoms with van der Waals surface area (Å²) in [6.07, 6.45) is -4.56. The van der Waals surface area contributed by atoms with Gasteiger partial charge in [0.05, 0.1) is 0 Å². The summed E-state index contributed by atoms with van der Waals surface area (Å²) in [6.45, 7) is 3.76. The highest BCUT2D eigenvalue weighted by atomic mass is 19.4. The number of halogens is 5. The molecule has 0 aliphatic heterocycles. The van der Waals surface area contributed by atoms with Crippen molar-refractivity contribution in [2.24, 2.45) is 5.92 Å². The van der Waals surface area contributed by atoms with E-state index in [0.717, 1.165) is 0 Å². The normalized spacial score (nSPS) is 19.3. The van der Waals surface area contributed by atoms with Crippen LogP contribution in [0.5, 0.6) is 0 Å².